The summed E-state index contributed by atoms with van der Waals surface area (Å²) < 4.78 is 5.33. The Hall–Kier alpha value is -2.67. The monoisotopic (exact) mass is 368 g/mol. The van der Waals surface area contributed by atoms with Crippen LogP contribution in [0.15, 0.2) is 46.5 Å². The molecule has 6 nitrogen and oxygen atoms in total. The molecule has 7 heteroatoms. The summed E-state index contributed by atoms with van der Waals surface area (Å²) in [5.74, 6) is 1.69. The first-order valence-electron chi connectivity index (χ1n) is 8.73. The van der Waals surface area contributed by atoms with Crippen LogP contribution < -0.4 is 10.2 Å². The maximum absolute atomic E-state index is 12.2. The fourth-order valence-electron chi connectivity index (χ4n) is 3.02. The number of carbonyl (C=O) groups is 1. The van der Waals surface area contributed by atoms with Crippen molar-refractivity contribution in [3.63, 3.8) is 0 Å². The smallest absolute Gasteiger partial charge is 0.226 e. The van der Waals surface area contributed by atoms with Crippen molar-refractivity contribution >= 4 is 23.1 Å². The van der Waals surface area contributed by atoms with Crippen LogP contribution in [0.3, 0.4) is 0 Å². The van der Waals surface area contributed by atoms with Crippen LogP contribution in [0.1, 0.15) is 24.1 Å². The van der Waals surface area contributed by atoms with Gasteiger partial charge in [-0.2, -0.15) is 0 Å². The number of hydrogen-bond donors (Lipinski definition) is 1. The highest BCUT2D eigenvalue weighted by Gasteiger charge is 2.14. The van der Waals surface area contributed by atoms with Crippen molar-refractivity contribution in [3.8, 4) is 10.8 Å². The van der Waals surface area contributed by atoms with Gasteiger partial charge in [0.1, 0.15) is 5.82 Å². The Labute approximate surface area is 155 Å². The van der Waals surface area contributed by atoms with Crippen LogP contribution in [0.25, 0.3) is 10.8 Å². The molecule has 0 unspecified atom stereocenters. The lowest BCUT2D eigenvalue weighted by molar-refractivity contribution is -0.120. The van der Waals surface area contributed by atoms with Crippen LogP contribution in [-0.4, -0.2) is 29.0 Å². The fourth-order valence-corrected chi connectivity index (χ4v) is 3.80. The van der Waals surface area contributed by atoms with Crippen LogP contribution in [0, 0.1) is 0 Å². The zero-order valence-corrected chi connectivity index (χ0v) is 15.2. The van der Waals surface area contributed by atoms with E-state index in [0.29, 0.717) is 6.54 Å². The molecular formula is C19H20N4O2S. The molecule has 0 spiro atoms. The molecule has 3 aromatic heterocycles. The molecule has 0 aromatic carbocycles. The third kappa shape index (κ3) is 3.94. The zero-order valence-electron chi connectivity index (χ0n) is 14.4. The summed E-state index contributed by atoms with van der Waals surface area (Å²) in [6.45, 7) is 2.62. The minimum atomic E-state index is -0.0409. The maximum atomic E-state index is 12.2. The van der Waals surface area contributed by atoms with Gasteiger partial charge in [0.05, 0.1) is 18.4 Å². The predicted molar refractivity (Wildman–Crippen MR) is 101 cm³/mol. The summed E-state index contributed by atoms with van der Waals surface area (Å²) in [6, 6.07) is 7.69. The second-order valence-electron chi connectivity index (χ2n) is 6.29. The molecule has 4 heterocycles. The van der Waals surface area contributed by atoms with Crippen molar-refractivity contribution in [3.05, 3.63) is 53.4 Å². The van der Waals surface area contributed by atoms with Gasteiger partial charge in [-0.1, -0.05) is 0 Å². The van der Waals surface area contributed by atoms with E-state index in [4.69, 9.17) is 4.42 Å². The van der Waals surface area contributed by atoms with E-state index in [2.05, 4.69) is 26.3 Å². The number of furan rings is 1. The molecule has 1 aliphatic heterocycles. The largest absolute Gasteiger partial charge is 0.462 e. The molecule has 0 bridgehead atoms. The predicted octanol–water partition coefficient (Wildman–Crippen LogP) is 3.26. The third-order valence-electron chi connectivity index (χ3n) is 4.36. The highest BCUT2D eigenvalue weighted by Crippen LogP contribution is 2.24. The van der Waals surface area contributed by atoms with Crippen molar-refractivity contribution in [1.82, 2.24) is 15.3 Å². The Morgan fingerprint density at radius 1 is 1.31 bits per heavy atom. The maximum Gasteiger partial charge on any atom is 0.226 e. The van der Waals surface area contributed by atoms with Crippen LogP contribution in [0.4, 0.5) is 5.82 Å². The Morgan fingerprint density at radius 3 is 3.00 bits per heavy atom. The van der Waals surface area contributed by atoms with E-state index in [-0.39, 0.29) is 12.3 Å². The quantitative estimate of drug-likeness (QED) is 0.723. The third-order valence-corrected chi connectivity index (χ3v) is 5.26. The highest BCUT2D eigenvalue weighted by atomic mass is 32.1. The SMILES string of the molecule is O=C(Cc1csc(-c2ccco2)n1)NCc1ccnc(N2CCCC2)c1. The molecular weight excluding hydrogens is 348 g/mol. The van der Waals surface area contributed by atoms with Gasteiger partial charge in [-0.3, -0.25) is 4.79 Å². The van der Waals surface area contributed by atoms with Gasteiger partial charge >= 0.3 is 0 Å². The lowest BCUT2D eigenvalue weighted by Crippen LogP contribution is -2.25. The number of amides is 1. The topological polar surface area (TPSA) is 71.3 Å². The Morgan fingerprint density at radius 2 is 2.19 bits per heavy atom. The van der Waals surface area contributed by atoms with Crippen LogP contribution in [-0.2, 0) is 17.8 Å². The van der Waals surface area contributed by atoms with Crippen molar-refractivity contribution in [2.24, 2.45) is 0 Å². The first kappa shape index (κ1) is 16.8. The van der Waals surface area contributed by atoms with Crippen LogP contribution >= 0.6 is 11.3 Å². The fraction of sp³-hybridized carbons (Fsp3) is 0.316. The van der Waals surface area contributed by atoms with Gasteiger partial charge in [0, 0.05) is 31.2 Å². The standard InChI is InChI=1S/C19H20N4O2S/c24-18(11-15-13-26-19(22-15)16-4-3-9-25-16)21-12-14-5-6-20-17(10-14)23-7-1-2-8-23/h3-6,9-10,13H,1-2,7-8,11-12H2,(H,21,24). The summed E-state index contributed by atoms with van der Waals surface area (Å²) in [5, 5.41) is 5.66. The second kappa shape index (κ2) is 7.70. The van der Waals surface area contributed by atoms with Gasteiger partial charge in [0.2, 0.25) is 5.91 Å². The van der Waals surface area contributed by atoms with Gasteiger partial charge in [0.15, 0.2) is 10.8 Å². The molecule has 134 valence electrons. The number of pyridine rings is 1. The molecule has 0 radical (unpaired) electrons. The van der Waals surface area contributed by atoms with Gasteiger partial charge in [0.25, 0.3) is 0 Å². The Balaban J connectivity index is 1.32. The summed E-state index contributed by atoms with van der Waals surface area (Å²) in [5.41, 5.74) is 1.82. The van der Waals surface area contributed by atoms with E-state index in [1.807, 2.05) is 29.8 Å². The number of hydrogen-bond acceptors (Lipinski definition) is 6. The number of rotatable bonds is 6. The molecule has 0 saturated carbocycles. The normalized spacial score (nSPS) is 13.9. The lowest BCUT2D eigenvalue weighted by atomic mass is 10.2. The summed E-state index contributed by atoms with van der Waals surface area (Å²) in [6.07, 6.45) is 6.13. The molecule has 1 amide bonds. The highest BCUT2D eigenvalue weighted by molar-refractivity contribution is 7.13. The number of aromatic nitrogens is 2. The van der Waals surface area contributed by atoms with E-state index < -0.39 is 0 Å². The molecule has 0 aliphatic carbocycles. The van der Waals surface area contributed by atoms with Gasteiger partial charge < -0.3 is 14.6 Å². The van der Waals surface area contributed by atoms with Crippen molar-refractivity contribution in [1.29, 1.82) is 0 Å². The Bertz CT molecular complexity index is 869. The summed E-state index contributed by atoms with van der Waals surface area (Å²) in [4.78, 5) is 23.4. The van der Waals surface area contributed by atoms with Gasteiger partial charge in [-0.25, -0.2) is 9.97 Å². The van der Waals surface area contributed by atoms with Crippen LogP contribution in [0.5, 0.6) is 0 Å². The number of nitrogens with zero attached hydrogens (tertiary/aromatic N) is 3. The van der Waals surface area contributed by atoms with Crippen molar-refractivity contribution in [2.75, 3.05) is 18.0 Å². The van der Waals surface area contributed by atoms with E-state index in [1.54, 1.807) is 6.26 Å². The molecule has 1 saturated heterocycles. The first-order chi connectivity index (χ1) is 12.8. The molecule has 1 aliphatic rings. The van der Waals surface area contributed by atoms with E-state index in [1.165, 1.54) is 24.2 Å². The first-order valence-corrected chi connectivity index (χ1v) is 9.61. The molecule has 4 rings (SSSR count). The second-order valence-corrected chi connectivity index (χ2v) is 7.15. The van der Waals surface area contributed by atoms with Crippen molar-refractivity contribution in [2.45, 2.75) is 25.8 Å². The van der Waals surface area contributed by atoms with E-state index in [9.17, 15) is 4.79 Å². The minimum absolute atomic E-state index is 0.0409. The van der Waals surface area contributed by atoms with E-state index in [0.717, 1.165) is 40.9 Å². The number of nitrogens with one attached hydrogen (secondary N) is 1. The molecule has 3 aromatic rings. The number of carbonyl (C=O) groups excluding carboxylic acids is 1. The summed E-state index contributed by atoms with van der Waals surface area (Å²) >= 11 is 1.48. The molecule has 0 atom stereocenters. The molecule has 1 N–H and O–H groups in total. The minimum Gasteiger partial charge on any atom is -0.462 e. The van der Waals surface area contributed by atoms with Gasteiger partial charge in [-0.05, 0) is 42.7 Å². The number of thiazole rings is 1. The van der Waals surface area contributed by atoms with E-state index >= 15 is 0 Å². The zero-order chi connectivity index (χ0) is 17.8. The lowest BCUT2D eigenvalue weighted by Gasteiger charge is -2.16. The van der Waals surface area contributed by atoms with Crippen LogP contribution in [0.2, 0.25) is 0 Å². The van der Waals surface area contributed by atoms with Gasteiger partial charge in [-0.15, -0.1) is 11.3 Å². The average molecular weight is 368 g/mol. The Kier molecular flexibility index (Phi) is 4.97. The van der Waals surface area contributed by atoms with Crippen molar-refractivity contribution < 1.29 is 9.21 Å². The molecule has 1 fully saturated rings. The molecule has 26 heavy (non-hydrogen) atoms. The average Bonchev–Trinajstić information content (AvgIpc) is 3.41. The number of anilines is 1. The summed E-state index contributed by atoms with van der Waals surface area (Å²) in [7, 11) is 0.